The van der Waals surface area contributed by atoms with E-state index in [1.807, 2.05) is 0 Å². The van der Waals surface area contributed by atoms with Crippen LogP contribution < -0.4 is 0 Å². The lowest BCUT2D eigenvalue weighted by Gasteiger charge is -2.21. The molecule has 0 spiro atoms. The summed E-state index contributed by atoms with van der Waals surface area (Å²) >= 11 is 0. The number of phosphoric acid groups is 2. The van der Waals surface area contributed by atoms with Gasteiger partial charge in [0.25, 0.3) is 0 Å². The maximum absolute atomic E-state index is 13.1. The molecule has 0 amide bonds. The van der Waals surface area contributed by atoms with E-state index in [1.165, 1.54) is 161 Å². The Morgan fingerprint density at radius 2 is 0.522 bits per heavy atom. The summed E-state index contributed by atoms with van der Waals surface area (Å²) in [6.45, 7) is 14.1. The number of unbranched alkanes of at least 4 members (excludes halogenated alkanes) is 33. The van der Waals surface area contributed by atoms with Gasteiger partial charge in [-0.15, -0.1) is 0 Å². The third-order valence-corrected chi connectivity index (χ3v) is 19.8. The predicted octanol–water partition coefficient (Wildman–Crippen LogP) is 20.9. The van der Waals surface area contributed by atoms with E-state index in [0.717, 1.165) is 114 Å². The molecule has 546 valence electrons. The Balaban J connectivity index is 5.23. The van der Waals surface area contributed by atoms with Crippen molar-refractivity contribution in [2.24, 2.45) is 23.7 Å². The number of hydrogen-bond acceptors (Lipinski definition) is 15. The Labute approximate surface area is 562 Å². The van der Waals surface area contributed by atoms with Gasteiger partial charge in [0, 0.05) is 25.7 Å². The van der Waals surface area contributed by atoms with E-state index >= 15 is 0 Å². The highest BCUT2D eigenvalue weighted by molar-refractivity contribution is 7.47. The summed E-state index contributed by atoms with van der Waals surface area (Å²) < 4.78 is 68.4. The number of aliphatic hydroxyl groups is 1. The number of hydrogen-bond donors (Lipinski definition) is 3. The third kappa shape index (κ3) is 62.8. The largest absolute Gasteiger partial charge is 0.472 e. The summed E-state index contributed by atoms with van der Waals surface area (Å²) in [5.74, 6) is 0.951. The number of esters is 4. The number of aliphatic hydroxyl groups excluding tert-OH is 1. The molecule has 5 unspecified atom stereocenters. The fraction of sp³-hybridized carbons (Fsp3) is 0.945. The second-order valence-electron chi connectivity index (χ2n) is 27.5. The van der Waals surface area contributed by atoms with Crippen LogP contribution in [0.5, 0.6) is 0 Å². The maximum Gasteiger partial charge on any atom is 0.472 e. The minimum absolute atomic E-state index is 0.102. The highest BCUT2D eigenvalue weighted by Crippen LogP contribution is 2.45. The van der Waals surface area contributed by atoms with Gasteiger partial charge in [-0.05, 0) is 49.4 Å². The van der Waals surface area contributed by atoms with Crippen LogP contribution in [0.25, 0.3) is 0 Å². The van der Waals surface area contributed by atoms with Crippen LogP contribution in [0.2, 0.25) is 0 Å². The summed E-state index contributed by atoms with van der Waals surface area (Å²) in [6, 6.07) is 0. The van der Waals surface area contributed by atoms with E-state index < -0.39 is 97.5 Å². The molecule has 0 aliphatic heterocycles. The average molecular weight is 1350 g/mol. The number of carbonyl (C=O) groups is 4. The van der Waals surface area contributed by atoms with Crippen LogP contribution in [-0.4, -0.2) is 96.7 Å². The second-order valence-corrected chi connectivity index (χ2v) is 30.4. The van der Waals surface area contributed by atoms with Gasteiger partial charge in [0.05, 0.1) is 26.4 Å². The quantitative estimate of drug-likeness (QED) is 0.0222. The lowest BCUT2D eigenvalue weighted by atomic mass is 9.99. The lowest BCUT2D eigenvalue weighted by Crippen LogP contribution is -2.30. The molecule has 92 heavy (non-hydrogen) atoms. The number of ether oxygens (including phenoxy) is 4. The fourth-order valence-electron chi connectivity index (χ4n) is 10.9. The van der Waals surface area contributed by atoms with E-state index in [9.17, 15) is 43.2 Å². The Morgan fingerprint density at radius 3 is 0.772 bits per heavy atom. The van der Waals surface area contributed by atoms with Crippen molar-refractivity contribution in [3.63, 3.8) is 0 Å². The molecule has 0 rings (SSSR count). The molecular formula is C73H142O17P2. The zero-order chi connectivity index (χ0) is 68.2. The number of phosphoric ester groups is 2. The zero-order valence-corrected chi connectivity index (χ0v) is 62.0. The van der Waals surface area contributed by atoms with Gasteiger partial charge in [-0.1, -0.05) is 312 Å². The first-order chi connectivity index (χ1) is 44.2. The smallest absolute Gasteiger partial charge is 0.462 e. The van der Waals surface area contributed by atoms with Crippen LogP contribution in [0.3, 0.4) is 0 Å². The standard InChI is InChI=1S/C73H142O17P2/c1-9-64(6)50-42-34-26-20-16-14-12-13-15-17-22-28-37-45-53-70(75)83-59-68(89-72(77)55-47-39-29-23-19-18-21-27-35-43-51-65(7)10-2)61-87-91(79,80)85-57-67(74)58-86-92(81,82)88-62-69(90-73(78)56-48-40-30-24-25-33-41-49-63(4)5)60-84-71(76)54-46-38-32-31-36-44-52-66(8)11-3/h63-69,74H,9-62H2,1-8H3,(H,79,80)(H,81,82)/t64?,65?,66?,67-,68-,69-/m1/s1. The maximum atomic E-state index is 13.1. The van der Waals surface area contributed by atoms with E-state index in [-0.39, 0.29) is 25.7 Å². The van der Waals surface area contributed by atoms with Crippen molar-refractivity contribution < 1.29 is 80.2 Å². The van der Waals surface area contributed by atoms with Crippen molar-refractivity contribution in [1.82, 2.24) is 0 Å². The second kappa shape index (κ2) is 62.6. The van der Waals surface area contributed by atoms with Gasteiger partial charge in [-0.25, -0.2) is 9.13 Å². The van der Waals surface area contributed by atoms with Crippen molar-refractivity contribution in [2.45, 2.75) is 382 Å². The molecule has 0 aromatic carbocycles. The van der Waals surface area contributed by atoms with Gasteiger partial charge in [0.1, 0.15) is 19.3 Å². The SMILES string of the molecule is CCC(C)CCCCCCCCCCCCCCCCC(=O)OC[C@H](COP(=O)(O)OC[C@@H](O)COP(=O)(O)OC[C@@H](COC(=O)CCCCCCCCC(C)CC)OC(=O)CCCCCCCCCC(C)C)OC(=O)CCCCCCCCCCCCC(C)CC. The van der Waals surface area contributed by atoms with E-state index in [1.54, 1.807) is 0 Å². The van der Waals surface area contributed by atoms with Crippen LogP contribution in [-0.2, 0) is 65.4 Å². The molecule has 8 atom stereocenters. The van der Waals surface area contributed by atoms with Crippen molar-refractivity contribution >= 4 is 39.5 Å². The summed E-state index contributed by atoms with van der Waals surface area (Å²) in [7, 11) is -9.91. The molecule has 17 nitrogen and oxygen atoms in total. The third-order valence-electron chi connectivity index (χ3n) is 17.9. The van der Waals surface area contributed by atoms with Crippen LogP contribution in [0.15, 0.2) is 0 Å². The zero-order valence-electron chi connectivity index (χ0n) is 60.2. The number of rotatable bonds is 70. The normalized spacial score (nSPS) is 15.1. The van der Waals surface area contributed by atoms with E-state index in [4.69, 9.17) is 37.0 Å². The Hall–Kier alpha value is -1.94. The van der Waals surface area contributed by atoms with Crippen LogP contribution in [0.1, 0.15) is 364 Å². The molecule has 0 radical (unpaired) electrons. The van der Waals surface area contributed by atoms with Gasteiger partial charge >= 0.3 is 39.5 Å². The summed E-state index contributed by atoms with van der Waals surface area (Å²) in [4.78, 5) is 72.6. The van der Waals surface area contributed by atoms with Gasteiger partial charge in [-0.3, -0.25) is 37.3 Å². The number of carbonyl (C=O) groups excluding carboxylic acids is 4. The minimum atomic E-state index is -4.96. The van der Waals surface area contributed by atoms with Crippen LogP contribution >= 0.6 is 15.6 Å². The molecule has 0 aromatic rings. The summed E-state index contributed by atoms with van der Waals surface area (Å²) in [6.07, 6.45) is 45.8. The molecule has 0 heterocycles. The first kappa shape index (κ1) is 90.1. The average Bonchev–Trinajstić information content (AvgIpc) is 1.82. The topological polar surface area (TPSA) is 237 Å². The molecule has 0 aromatic heterocycles. The van der Waals surface area contributed by atoms with Crippen molar-refractivity contribution in [3.8, 4) is 0 Å². The predicted molar refractivity (Wildman–Crippen MR) is 372 cm³/mol. The highest BCUT2D eigenvalue weighted by Gasteiger charge is 2.30. The molecular weight excluding hydrogens is 1210 g/mol. The Morgan fingerprint density at radius 1 is 0.304 bits per heavy atom. The van der Waals surface area contributed by atoms with Gasteiger partial charge in [0.2, 0.25) is 0 Å². The Bertz CT molecular complexity index is 1820. The first-order valence-electron chi connectivity index (χ1n) is 37.8. The molecule has 0 saturated heterocycles. The molecule has 0 aliphatic rings. The molecule has 19 heteroatoms. The van der Waals surface area contributed by atoms with Crippen molar-refractivity contribution in [2.75, 3.05) is 39.6 Å². The van der Waals surface area contributed by atoms with Gasteiger partial charge < -0.3 is 33.8 Å². The van der Waals surface area contributed by atoms with Gasteiger partial charge in [-0.2, -0.15) is 0 Å². The first-order valence-corrected chi connectivity index (χ1v) is 40.8. The molecule has 0 fully saturated rings. The van der Waals surface area contributed by atoms with Crippen molar-refractivity contribution in [3.05, 3.63) is 0 Å². The van der Waals surface area contributed by atoms with E-state index in [2.05, 4.69) is 55.4 Å². The minimum Gasteiger partial charge on any atom is -0.462 e. The monoisotopic (exact) mass is 1350 g/mol. The van der Waals surface area contributed by atoms with Crippen LogP contribution in [0, 0.1) is 23.7 Å². The van der Waals surface area contributed by atoms with Gasteiger partial charge in [0.15, 0.2) is 12.2 Å². The fourth-order valence-corrected chi connectivity index (χ4v) is 12.5. The molecule has 3 N–H and O–H groups in total. The summed E-state index contributed by atoms with van der Waals surface area (Å²) in [5.41, 5.74) is 0. The van der Waals surface area contributed by atoms with Crippen LogP contribution in [0.4, 0.5) is 0 Å². The molecule has 0 aliphatic carbocycles. The van der Waals surface area contributed by atoms with E-state index in [0.29, 0.717) is 31.6 Å². The van der Waals surface area contributed by atoms with Crippen molar-refractivity contribution in [1.29, 1.82) is 0 Å². The summed E-state index contributed by atoms with van der Waals surface area (Å²) in [5, 5.41) is 10.6. The lowest BCUT2D eigenvalue weighted by molar-refractivity contribution is -0.161. The molecule has 0 bridgehead atoms. The molecule has 0 saturated carbocycles. The Kier molecular flexibility index (Phi) is 61.3. The highest BCUT2D eigenvalue weighted by atomic mass is 31.2.